The molecule has 2 aromatic rings. The molecule has 11 heteroatoms. The average Bonchev–Trinajstić information content (AvgIpc) is 2.61. The number of nitrogens with one attached hydrogen (secondary N) is 2. The molecule has 1 atom stereocenters. The fourth-order valence-electron chi connectivity index (χ4n) is 2.17. The number of aliphatic imine (C=N–C) groups is 1. The lowest BCUT2D eigenvalue weighted by Crippen LogP contribution is -2.31. The van der Waals surface area contributed by atoms with Gasteiger partial charge in [-0.2, -0.15) is 4.99 Å². The molecule has 0 bridgehead atoms. The molecule has 28 heavy (non-hydrogen) atoms. The zero-order valence-corrected chi connectivity index (χ0v) is 15.9. The highest BCUT2D eigenvalue weighted by Gasteiger charge is 2.18. The van der Waals surface area contributed by atoms with Crippen LogP contribution in [0.5, 0.6) is 0 Å². The van der Waals surface area contributed by atoms with Crippen LogP contribution < -0.4 is 16.6 Å². The summed E-state index contributed by atoms with van der Waals surface area (Å²) in [5.74, 6) is -2.85. The number of rotatable bonds is 7. The van der Waals surface area contributed by atoms with Gasteiger partial charge in [0, 0.05) is 24.3 Å². The first-order valence-corrected chi connectivity index (χ1v) is 9.14. The monoisotopic (exact) mass is 411 g/mol. The fraction of sp³-hybridized carbons (Fsp3) is 0.294. The number of aliphatic hydroxyl groups excluding tert-OH is 1. The van der Waals surface area contributed by atoms with Crippen LogP contribution in [0.4, 0.5) is 14.6 Å². The van der Waals surface area contributed by atoms with Gasteiger partial charge < -0.3 is 21.1 Å². The second-order valence-electron chi connectivity index (χ2n) is 5.84. The number of hydrogen-bond donors (Lipinski definition) is 4. The topological polar surface area (TPSA) is 133 Å². The van der Waals surface area contributed by atoms with E-state index < -0.39 is 29.1 Å². The first kappa shape index (κ1) is 21.5. The first-order valence-electron chi connectivity index (χ1n) is 8.15. The molecule has 1 heterocycles. The Hall–Kier alpha value is -2.79. The Morgan fingerprint density at radius 1 is 1.46 bits per heavy atom. The number of nitrogens with two attached hydrogens (primary N) is 1. The maximum absolute atomic E-state index is 13.8. The van der Waals surface area contributed by atoms with E-state index in [4.69, 9.17) is 5.73 Å². The van der Waals surface area contributed by atoms with Crippen molar-refractivity contribution in [2.75, 3.05) is 11.9 Å². The molecule has 0 fully saturated rings. The second-order valence-corrected chi connectivity index (χ2v) is 6.80. The molecule has 2 rings (SSSR count). The predicted octanol–water partition coefficient (Wildman–Crippen LogP) is 1.38. The number of anilines is 1. The van der Waals surface area contributed by atoms with Crippen molar-refractivity contribution >= 4 is 29.3 Å². The maximum atomic E-state index is 13.8. The number of amidine groups is 1. The molecule has 1 aromatic heterocycles. The number of aromatic nitrogens is 2. The van der Waals surface area contributed by atoms with Crippen LogP contribution in [0.3, 0.4) is 0 Å². The Bertz CT molecular complexity index is 964. The van der Waals surface area contributed by atoms with Crippen molar-refractivity contribution in [2.45, 2.75) is 30.8 Å². The zero-order valence-electron chi connectivity index (χ0n) is 15.1. The van der Waals surface area contributed by atoms with Gasteiger partial charge in [-0.25, -0.2) is 13.8 Å². The third kappa shape index (κ3) is 5.36. The van der Waals surface area contributed by atoms with Crippen LogP contribution in [0, 0.1) is 11.6 Å². The van der Waals surface area contributed by atoms with Crippen molar-refractivity contribution < 1.29 is 18.7 Å². The van der Waals surface area contributed by atoms with E-state index in [-0.39, 0.29) is 40.3 Å². The number of aliphatic hydroxyl groups is 1. The van der Waals surface area contributed by atoms with Gasteiger partial charge in [0.2, 0.25) is 5.91 Å². The van der Waals surface area contributed by atoms with Gasteiger partial charge in [-0.05, 0) is 13.0 Å². The minimum atomic E-state index is -0.973. The van der Waals surface area contributed by atoms with Crippen LogP contribution in [-0.2, 0) is 10.5 Å². The Balaban J connectivity index is 2.40. The molecule has 0 aliphatic heterocycles. The van der Waals surface area contributed by atoms with E-state index in [1.54, 1.807) is 6.92 Å². The number of thioether (sulfide) groups is 1. The summed E-state index contributed by atoms with van der Waals surface area (Å²) in [4.78, 5) is 33.9. The number of hydrogen-bond acceptors (Lipinski definition) is 6. The molecule has 0 saturated heterocycles. The van der Waals surface area contributed by atoms with Crippen LogP contribution >= 0.6 is 11.8 Å². The second kappa shape index (κ2) is 9.42. The number of aromatic amines is 1. The highest BCUT2D eigenvalue weighted by Crippen LogP contribution is 2.23. The van der Waals surface area contributed by atoms with Crippen molar-refractivity contribution in [3.8, 4) is 0 Å². The summed E-state index contributed by atoms with van der Waals surface area (Å²) in [6.07, 6.45) is 0. The number of H-pyrrole nitrogens is 1. The molecule has 1 aromatic carbocycles. The molecular formula is C17H19F2N5O3S. The van der Waals surface area contributed by atoms with Crippen LogP contribution in [0.25, 0.3) is 0 Å². The summed E-state index contributed by atoms with van der Waals surface area (Å²) in [6, 6.07) is 3.33. The molecule has 1 amide bonds. The van der Waals surface area contributed by atoms with Crippen LogP contribution in [-0.4, -0.2) is 39.5 Å². The number of halogens is 2. The molecule has 0 spiro atoms. The molecule has 0 aliphatic carbocycles. The number of carbonyl (C=O) groups excluding carboxylic acids is 1. The smallest absolute Gasteiger partial charge is 0.264 e. The van der Waals surface area contributed by atoms with E-state index in [0.29, 0.717) is 0 Å². The van der Waals surface area contributed by atoms with Gasteiger partial charge in [-0.1, -0.05) is 23.9 Å². The molecule has 0 unspecified atom stereocenters. The highest BCUT2D eigenvalue weighted by atomic mass is 32.2. The van der Waals surface area contributed by atoms with Gasteiger partial charge in [0.15, 0.2) is 16.8 Å². The first-order chi connectivity index (χ1) is 13.2. The Labute approximate surface area is 163 Å². The number of carbonyl (C=O) groups is 1. The van der Waals surface area contributed by atoms with Crippen LogP contribution in [0.1, 0.15) is 25.0 Å². The fourth-order valence-corrected chi connectivity index (χ4v) is 3.01. The highest BCUT2D eigenvalue weighted by molar-refractivity contribution is 7.98. The van der Waals surface area contributed by atoms with Crippen molar-refractivity contribution in [3.63, 3.8) is 0 Å². The summed E-state index contributed by atoms with van der Waals surface area (Å²) in [5, 5.41) is 12.2. The molecule has 0 saturated carbocycles. The molecular weight excluding hydrogens is 392 g/mol. The molecule has 150 valence electrons. The van der Waals surface area contributed by atoms with Crippen LogP contribution in [0.15, 0.2) is 33.1 Å². The Morgan fingerprint density at radius 3 is 2.82 bits per heavy atom. The van der Waals surface area contributed by atoms with Gasteiger partial charge in [0.25, 0.3) is 5.56 Å². The minimum Gasteiger partial charge on any atom is -0.394 e. The molecule has 8 nitrogen and oxygen atoms in total. The van der Waals surface area contributed by atoms with Gasteiger partial charge in [-0.15, -0.1) is 0 Å². The molecule has 0 radical (unpaired) electrons. The van der Waals surface area contributed by atoms with Crippen molar-refractivity contribution in [3.05, 3.63) is 51.3 Å². The van der Waals surface area contributed by atoms with E-state index in [1.165, 1.54) is 19.1 Å². The van der Waals surface area contributed by atoms with Crippen molar-refractivity contribution in [2.24, 2.45) is 10.7 Å². The Kier molecular flexibility index (Phi) is 7.24. The summed E-state index contributed by atoms with van der Waals surface area (Å²) in [6.45, 7) is 2.56. The maximum Gasteiger partial charge on any atom is 0.264 e. The van der Waals surface area contributed by atoms with Crippen molar-refractivity contribution in [1.82, 2.24) is 9.97 Å². The lowest BCUT2D eigenvalue weighted by Gasteiger charge is -2.15. The van der Waals surface area contributed by atoms with E-state index in [9.17, 15) is 23.5 Å². The molecule has 5 N–H and O–H groups in total. The Morgan fingerprint density at radius 2 is 2.18 bits per heavy atom. The summed E-state index contributed by atoms with van der Waals surface area (Å²) < 4.78 is 27.1. The normalized spacial score (nSPS) is 12.7. The number of benzene rings is 1. The third-order valence-electron chi connectivity index (χ3n) is 3.48. The van der Waals surface area contributed by atoms with Crippen LogP contribution in [0.2, 0.25) is 0 Å². The lowest BCUT2D eigenvalue weighted by molar-refractivity contribution is -0.115. The summed E-state index contributed by atoms with van der Waals surface area (Å²) in [5.41, 5.74) is 5.01. The van der Waals surface area contributed by atoms with Gasteiger partial charge in [0.05, 0.1) is 6.61 Å². The predicted molar refractivity (Wildman–Crippen MR) is 102 cm³/mol. The third-order valence-corrected chi connectivity index (χ3v) is 4.41. The standard InChI is InChI=1S/C17H19F2N5O3S/c1-8(6-25)21-15-12(14(20)22-9(2)26)16(27)24-17(23-15)28-7-10-4-3-5-11(18)13(10)19/h3-5,8,25H,6-7H2,1-2H3,(H2,20,22,26)(H2,21,23,24,27)/t8-/m1/s1. The number of nitrogens with zero attached hydrogens (tertiary/aromatic N) is 2. The van der Waals surface area contributed by atoms with Gasteiger partial charge in [0.1, 0.15) is 17.2 Å². The van der Waals surface area contributed by atoms with E-state index in [1.807, 2.05) is 0 Å². The largest absolute Gasteiger partial charge is 0.394 e. The van der Waals surface area contributed by atoms with E-state index >= 15 is 0 Å². The van der Waals surface area contributed by atoms with Gasteiger partial charge in [-0.3, -0.25) is 9.59 Å². The van der Waals surface area contributed by atoms with E-state index in [0.717, 1.165) is 17.8 Å². The zero-order chi connectivity index (χ0) is 20.8. The summed E-state index contributed by atoms with van der Waals surface area (Å²) >= 11 is 0.970. The number of amides is 1. The summed E-state index contributed by atoms with van der Waals surface area (Å²) in [7, 11) is 0. The molecule has 0 aliphatic rings. The minimum absolute atomic E-state index is 0.00927. The average molecular weight is 411 g/mol. The lowest BCUT2D eigenvalue weighted by atomic mass is 10.2. The quantitative estimate of drug-likeness (QED) is 0.234. The van der Waals surface area contributed by atoms with E-state index in [2.05, 4.69) is 20.3 Å². The van der Waals surface area contributed by atoms with Gasteiger partial charge >= 0.3 is 0 Å². The van der Waals surface area contributed by atoms with Crippen molar-refractivity contribution in [1.29, 1.82) is 0 Å². The SMILES string of the molecule is CC(=O)N=C(N)c1c(N[C@H](C)CO)nc(SCc2cccc(F)c2F)[nH]c1=O.